The maximum atomic E-state index is 13.4. The first kappa shape index (κ1) is 24.7. The van der Waals surface area contributed by atoms with Gasteiger partial charge in [0.1, 0.15) is 12.3 Å². The lowest BCUT2D eigenvalue weighted by atomic mass is 10.1. The van der Waals surface area contributed by atoms with Crippen LogP contribution in [0.1, 0.15) is 18.1 Å². The van der Waals surface area contributed by atoms with Crippen molar-refractivity contribution in [1.82, 2.24) is 5.43 Å². The van der Waals surface area contributed by atoms with Crippen LogP contribution in [-0.4, -0.2) is 33.7 Å². The number of nitrogens with one attached hydrogen (secondary N) is 1. The molecule has 0 aliphatic carbocycles. The average Bonchev–Trinajstić information content (AvgIpc) is 2.81. The number of amides is 1. The van der Waals surface area contributed by atoms with Crippen LogP contribution in [0.2, 0.25) is 0 Å². The summed E-state index contributed by atoms with van der Waals surface area (Å²) in [7, 11) is -2.51. The Morgan fingerprint density at radius 2 is 1.73 bits per heavy atom. The monoisotopic (exact) mass is 577 g/mol. The van der Waals surface area contributed by atoms with Gasteiger partial charge in [-0.25, -0.2) is 13.8 Å². The smallest absolute Gasteiger partial charge is 0.264 e. The van der Waals surface area contributed by atoms with Crippen LogP contribution in [0.4, 0.5) is 5.69 Å². The third kappa shape index (κ3) is 6.32. The van der Waals surface area contributed by atoms with Crippen LogP contribution < -0.4 is 14.5 Å². The number of ether oxygens (including phenoxy) is 1. The van der Waals surface area contributed by atoms with E-state index < -0.39 is 22.5 Å². The molecule has 0 unspecified atom stereocenters. The van der Waals surface area contributed by atoms with E-state index in [1.165, 1.54) is 19.2 Å². The number of rotatable bonds is 8. The fourth-order valence-electron chi connectivity index (χ4n) is 2.99. The van der Waals surface area contributed by atoms with Gasteiger partial charge >= 0.3 is 0 Å². The number of hydrogen-bond acceptors (Lipinski definition) is 5. The largest absolute Gasteiger partial charge is 0.497 e. The number of benzene rings is 3. The molecule has 3 rings (SSSR count). The number of anilines is 1. The van der Waals surface area contributed by atoms with Crippen molar-refractivity contribution < 1.29 is 17.9 Å². The molecule has 0 aliphatic rings. The first-order valence-corrected chi connectivity index (χ1v) is 12.5. The number of hydrazone groups is 1. The summed E-state index contributed by atoms with van der Waals surface area (Å²) < 4.78 is 34.1. The van der Waals surface area contributed by atoms with Crippen molar-refractivity contribution in [2.45, 2.75) is 18.7 Å². The first-order chi connectivity index (χ1) is 15.7. The lowest BCUT2D eigenvalue weighted by Crippen LogP contribution is -2.39. The summed E-state index contributed by atoms with van der Waals surface area (Å²) in [5, 5.41) is 4.15. The van der Waals surface area contributed by atoms with Gasteiger partial charge < -0.3 is 4.74 Å². The Kier molecular flexibility index (Phi) is 8.09. The van der Waals surface area contributed by atoms with Gasteiger partial charge in [0.2, 0.25) is 0 Å². The highest BCUT2D eigenvalue weighted by Gasteiger charge is 2.27. The van der Waals surface area contributed by atoms with E-state index in [2.05, 4.69) is 33.1 Å². The molecule has 1 N–H and O–H groups in total. The molecule has 0 radical (unpaired) electrons. The summed E-state index contributed by atoms with van der Waals surface area (Å²) in [5.74, 6) is -0.0217. The number of sulfonamides is 1. The molecule has 0 saturated carbocycles. The standard InChI is InChI=1S/C24H24IN3O4S/c1-17-7-9-21(10-8-17)28(33(30,31)23-13-11-22(32-3)12-14-23)16-24(29)27-26-18(2)19-5-4-6-20(25)15-19/h4-15H,16H2,1-3H3,(H,27,29)/b26-18+. The molecule has 0 fully saturated rings. The molecule has 0 bridgehead atoms. The van der Waals surface area contributed by atoms with Crippen LogP contribution in [0.5, 0.6) is 5.75 Å². The first-order valence-electron chi connectivity index (χ1n) is 10.0. The van der Waals surface area contributed by atoms with Crippen LogP contribution in [0.3, 0.4) is 0 Å². The van der Waals surface area contributed by atoms with E-state index in [1.54, 1.807) is 43.3 Å². The zero-order chi connectivity index (χ0) is 24.0. The number of carbonyl (C=O) groups is 1. The van der Waals surface area contributed by atoms with E-state index in [0.717, 1.165) is 19.0 Å². The summed E-state index contributed by atoms with van der Waals surface area (Å²) in [6.07, 6.45) is 0. The van der Waals surface area contributed by atoms with E-state index in [4.69, 9.17) is 4.74 Å². The SMILES string of the molecule is COc1ccc(S(=O)(=O)N(CC(=O)N/N=C(\C)c2cccc(I)c2)c2ccc(C)cc2)cc1. The summed E-state index contributed by atoms with van der Waals surface area (Å²) in [4.78, 5) is 12.8. The second-order valence-electron chi connectivity index (χ2n) is 7.27. The van der Waals surface area contributed by atoms with Crippen LogP contribution in [-0.2, 0) is 14.8 Å². The number of methoxy groups -OCH3 is 1. The lowest BCUT2D eigenvalue weighted by molar-refractivity contribution is -0.119. The van der Waals surface area contributed by atoms with Gasteiger partial charge in [0.05, 0.1) is 23.4 Å². The molecule has 0 aliphatic heterocycles. The molecule has 33 heavy (non-hydrogen) atoms. The molecular weight excluding hydrogens is 553 g/mol. The molecule has 9 heteroatoms. The minimum Gasteiger partial charge on any atom is -0.497 e. The fourth-order valence-corrected chi connectivity index (χ4v) is 4.96. The van der Waals surface area contributed by atoms with Crippen molar-refractivity contribution in [1.29, 1.82) is 0 Å². The number of nitrogens with zero attached hydrogens (tertiary/aromatic N) is 2. The summed E-state index contributed by atoms with van der Waals surface area (Å²) in [5.41, 5.74) is 5.31. The van der Waals surface area contributed by atoms with E-state index in [1.807, 2.05) is 31.2 Å². The second kappa shape index (κ2) is 10.8. The predicted molar refractivity (Wildman–Crippen MR) is 138 cm³/mol. The Morgan fingerprint density at radius 3 is 2.33 bits per heavy atom. The van der Waals surface area contributed by atoms with Crippen molar-refractivity contribution in [3.63, 3.8) is 0 Å². The highest BCUT2D eigenvalue weighted by atomic mass is 127. The normalized spacial score (nSPS) is 11.7. The number of hydrogen-bond donors (Lipinski definition) is 1. The molecule has 0 aromatic heterocycles. The molecule has 3 aromatic carbocycles. The van der Waals surface area contributed by atoms with Crippen LogP contribution in [0.25, 0.3) is 0 Å². The molecule has 1 amide bonds. The Bertz CT molecular complexity index is 1260. The van der Waals surface area contributed by atoms with Gasteiger partial charge in [-0.1, -0.05) is 29.8 Å². The molecule has 0 saturated heterocycles. The zero-order valence-corrected chi connectivity index (χ0v) is 21.4. The third-order valence-electron chi connectivity index (χ3n) is 4.85. The van der Waals surface area contributed by atoms with Gasteiger partial charge in [0.15, 0.2) is 0 Å². The number of carbonyl (C=O) groups excluding carboxylic acids is 1. The second-order valence-corrected chi connectivity index (χ2v) is 10.4. The number of halogens is 1. The van der Waals surface area contributed by atoms with Gasteiger partial charge in [0.25, 0.3) is 15.9 Å². The lowest BCUT2D eigenvalue weighted by Gasteiger charge is -2.24. The average molecular weight is 577 g/mol. The molecule has 0 atom stereocenters. The minimum atomic E-state index is -4.02. The summed E-state index contributed by atoms with van der Waals surface area (Å²) in [6, 6.07) is 20.7. The van der Waals surface area contributed by atoms with E-state index in [9.17, 15) is 13.2 Å². The quantitative estimate of drug-likeness (QED) is 0.245. The molecule has 3 aromatic rings. The Balaban J connectivity index is 1.87. The van der Waals surface area contributed by atoms with E-state index >= 15 is 0 Å². The molecule has 0 spiro atoms. The molecule has 172 valence electrons. The van der Waals surface area contributed by atoms with Gasteiger partial charge in [-0.05, 0) is 90.5 Å². The Hall–Kier alpha value is -2.92. The van der Waals surface area contributed by atoms with Crippen molar-refractivity contribution in [2.75, 3.05) is 18.0 Å². The summed E-state index contributed by atoms with van der Waals surface area (Å²) in [6.45, 7) is 3.25. The topological polar surface area (TPSA) is 88.1 Å². The van der Waals surface area contributed by atoms with Gasteiger partial charge in [-0.15, -0.1) is 0 Å². The van der Waals surface area contributed by atoms with Gasteiger partial charge in [0, 0.05) is 3.57 Å². The van der Waals surface area contributed by atoms with Gasteiger partial charge in [-0.2, -0.15) is 5.10 Å². The highest BCUT2D eigenvalue weighted by Crippen LogP contribution is 2.25. The van der Waals surface area contributed by atoms with Crippen LogP contribution in [0.15, 0.2) is 82.8 Å². The molecule has 7 nitrogen and oxygen atoms in total. The molecular formula is C24H24IN3O4S. The fraction of sp³-hybridized carbons (Fsp3) is 0.167. The zero-order valence-electron chi connectivity index (χ0n) is 18.4. The minimum absolute atomic E-state index is 0.0511. The van der Waals surface area contributed by atoms with Crippen molar-refractivity contribution in [3.05, 3.63) is 87.5 Å². The predicted octanol–water partition coefficient (Wildman–Crippen LogP) is 4.34. The van der Waals surface area contributed by atoms with E-state index in [-0.39, 0.29) is 4.90 Å². The van der Waals surface area contributed by atoms with Crippen LogP contribution >= 0.6 is 22.6 Å². The third-order valence-corrected chi connectivity index (χ3v) is 7.31. The van der Waals surface area contributed by atoms with Gasteiger partial charge in [-0.3, -0.25) is 9.10 Å². The number of aryl methyl sites for hydroxylation is 1. The van der Waals surface area contributed by atoms with Crippen molar-refractivity contribution >= 4 is 49.9 Å². The van der Waals surface area contributed by atoms with E-state index in [0.29, 0.717) is 17.1 Å². The maximum Gasteiger partial charge on any atom is 0.264 e. The van der Waals surface area contributed by atoms with Crippen LogP contribution in [0, 0.1) is 10.5 Å². The van der Waals surface area contributed by atoms with Crippen molar-refractivity contribution in [3.8, 4) is 5.75 Å². The molecule has 0 heterocycles. The van der Waals surface area contributed by atoms with Crippen molar-refractivity contribution in [2.24, 2.45) is 5.10 Å². The highest BCUT2D eigenvalue weighted by molar-refractivity contribution is 14.1. The summed E-state index contributed by atoms with van der Waals surface area (Å²) >= 11 is 2.20. The Morgan fingerprint density at radius 1 is 1.06 bits per heavy atom. The maximum absolute atomic E-state index is 13.4. The Labute approximate surface area is 207 Å².